The predicted molar refractivity (Wildman–Crippen MR) is 116 cm³/mol. The first-order valence-corrected chi connectivity index (χ1v) is 10.7. The molecule has 2 aromatic rings. The van der Waals surface area contributed by atoms with Crippen LogP contribution in [0.25, 0.3) is 0 Å². The van der Waals surface area contributed by atoms with Gasteiger partial charge in [-0.3, -0.25) is 9.59 Å². The van der Waals surface area contributed by atoms with Gasteiger partial charge in [-0.2, -0.15) is 0 Å². The number of aryl methyl sites for hydroxylation is 1. The van der Waals surface area contributed by atoms with E-state index in [0.717, 1.165) is 11.1 Å². The molecular formula is C25H30N2O3. The molecule has 2 aromatic carbocycles. The third-order valence-corrected chi connectivity index (χ3v) is 6.37. The maximum atomic E-state index is 13.5. The van der Waals surface area contributed by atoms with E-state index in [9.17, 15) is 9.59 Å². The van der Waals surface area contributed by atoms with Crippen LogP contribution in [0.15, 0.2) is 54.6 Å². The summed E-state index contributed by atoms with van der Waals surface area (Å²) >= 11 is 0. The van der Waals surface area contributed by atoms with Crippen molar-refractivity contribution in [2.24, 2.45) is 0 Å². The minimum atomic E-state index is -1.01. The number of carbonyl (C=O) groups is 2. The summed E-state index contributed by atoms with van der Waals surface area (Å²) in [4.78, 5) is 30.4. The van der Waals surface area contributed by atoms with Gasteiger partial charge < -0.3 is 14.5 Å². The summed E-state index contributed by atoms with van der Waals surface area (Å²) in [6.45, 7) is 7.90. The van der Waals surface area contributed by atoms with Gasteiger partial charge in [0.2, 0.25) is 5.91 Å². The van der Waals surface area contributed by atoms with Crippen molar-refractivity contribution in [2.75, 3.05) is 26.2 Å². The number of likely N-dealkylation sites (tertiary alicyclic amines) is 1. The number of benzene rings is 2. The molecule has 0 saturated carbocycles. The van der Waals surface area contributed by atoms with Gasteiger partial charge in [0.05, 0.1) is 19.6 Å². The van der Waals surface area contributed by atoms with Gasteiger partial charge >= 0.3 is 0 Å². The highest BCUT2D eigenvalue weighted by Gasteiger charge is 2.58. The minimum absolute atomic E-state index is 0.000751. The summed E-state index contributed by atoms with van der Waals surface area (Å²) in [6, 6.07) is 18.2. The third kappa shape index (κ3) is 3.74. The topological polar surface area (TPSA) is 49.9 Å². The zero-order valence-electron chi connectivity index (χ0n) is 18.0. The third-order valence-electron chi connectivity index (χ3n) is 6.37. The van der Waals surface area contributed by atoms with Gasteiger partial charge in [0.25, 0.3) is 5.91 Å². The van der Waals surface area contributed by atoms with Crippen molar-refractivity contribution in [3.05, 3.63) is 71.3 Å². The molecule has 5 heteroatoms. The van der Waals surface area contributed by atoms with Crippen molar-refractivity contribution >= 4 is 11.8 Å². The maximum Gasteiger partial charge on any atom is 0.257 e. The summed E-state index contributed by atoms with van der Waals surface area (Å²) in [5.41, 5.74) is 2.24. The van der Waals surface area contributed by atoms with Crippen molar-refractivity contribution < 1.29 is 14.3 Å². The molecule has 2 aliphatic heterocycles. The molecule has 5 nitrogen and oxygen atoms in total. The SMILES string of the molecule is Cc1ccc(CC(=O)N2CCO[C@]3(C2)C(=O)N(C(C)C)C[C@H]3c2ccccc2)cc1. The Balaban J connectivity index is 1.60. The molecule has 0 aliphatic carbocycles. The summed E-state index contributed by atoms with van der Waals surface area (Å²) in [5, 5.41) is 0. The van der Waals surface area contributed by atoms with E-state index in [1.165, 1.54) is 5.56 Å². The first kappa shape index (κ1) is 20.6. The van der Waals surface area contributed by atoms with Crippen molar-refractivity contribution in [3.63, 3.8) is 0 Å². The van der Waals surface area contributed by atoms with Crippen LogP contribution in [0.2, 0.25) is 0 Å². The van der Waals surface area contributed by atoms with Crippen LogP contribution in [-0.2, 0) is 20.7 Å². The predicted octanol–water partition coefficient (Wildman–Crippen LogP) is 3.17. The quantitative estimate of drug-likeness (QED) is 0.784. The van der Waals surface area contributed by atoms with Gasteiger partial charge in [0, 0.05) is 25.0 Å². The van der Waals surface area contributed by atoms with E-state index >= 15 is 0 Å². The smallest absolute Gasteiger partial charge is 0.257 e. The summed E-state index contributed by atoms with van der Waals surface area (Å²) in [5.74, 6) is -0.0492. The summed E-state index contributed by atoms with van der Waals surface area (Å²) in [7, 11) is 0. The Morgan fingerprint density at radius 2 is 1.83 bits per heavy atom. The molecule has 2 aliphatic rings. The number of amides is 2. The minimum Gasteiger partial charge on any atom is -0.361 e. The largest absolute Gasteiger partial charge is 0.361 e. The van der Waals surface area contributed by atoms with Crippen LogP contribution in [0.1, 0.15) is 36.5 Å². The fraction of sp³-hybridized carbons (Fsp3) is 0.440. The molecule has 2 amide bonds. The lowest BCUT2D eigenvalue weighted by molar-refractivity contribution is -0.168. The lowest BCUT2D eigenvalue weighted by Gasteiger charge is -2.42. The summed E-state index contributed by atoms with van der Waals surface area (Å²) in [6.07, 6.45) is 0.342. The summed E-state index contributed by atoms with van der Waals surface area (Å²) < 4.78 is 6.25. The van der Waals surface area contributed by atoms with Crippen LogP contribution < -0.4 is 0 Å². The van der Waals surface area contributed by atoms with E-state index in [-0.39, 0.29) is 23.8 Å². The number of ether oxygens (including phenoxy) is 1. The molecule has 30 heavy (non-hydrogen) atoms. The van der Waals surface area contributed by atoms with E-state index in [1.54, 1.807) is 0 Å². The standard InChI is InChI=1S/C25H30N2O3/c1-18(2)27-16-22(21-7-5-4-6-8-21)25(24(27)29)17-26(13-14-30-25)23(28)15-20-11-9-19(3)10-12-20/h4-12,18,22H,13-17H2,1-3H3/t22-,25-/m0/s1. The molecular weight excluding hydrogens is 376 g/mol. The number of rotatable bonds is 4. The fourth-order valence-corrected chi connectivity index (χ4v) is 4.62. The Hall–Kier alpha value is -2.66. The van der Waals surface area contributed by atoms with E-state index in [0.29, 0.717) is 32.7 Å². The fourth-order valence-electron chi connectivity index (χ4n) is 4.62. The molecule has 0 N–H and O–H groups in total. The van der Waals surface area contributed by atoms with Crippen LogP contribution >= 0.6 is 0 Å². The Morgan fingerprint density at radius 1 is 1.13 bits per heavy atom. The van der Waals surface area contributed by atoms with Crippen LogP contribution in [0.4, 0.5) is 0 Å². The van der Waals surface area contributed by atoms with Crippen molar-refractivity contribution in [3.8, 4) is 0 Å². The van der Waals surface area contributed by atoms with E-state index in [2.05, 4.69) is 12.1 Å². The highest BCUT2D eigenvalue weighted by molar-refractivity contribution is 5.91. The monoisotopic (exact) mass is 406 g/mol. The van der Waals surface area contributed by atoms with Crippen LogP contribution in [-0.4, -0.2) is 59.5 Å². The molecule has 0 radical (unpaired) electrons. The Labute approximate surface area is 178 Å². The Morgan fingerprint density at radius 3 is 2.50 bits per heavy atom. The molecule has 2 heterocycles. The van der Waals surface area contributed by atoms with Crippen LogP contribution in [0.3, 0.4) is 0 Å². The zero-order chi connectivity index (χ0) is 21.3. The number of hydrogen-bond acceptors (Lipinski definition) is 3. The molecule has 0 aromatic heterocycles. The highest BCUT2D eigenvalue weighted by atomic mass is 16.5. The van der Waals surface area contributed by atoms with Gasteiger partial charge in [-0.25, -0.2) is 0 Å². The number of morpholine rings is 1. The van der Waals surface area contributed by atoms with Crippen LogP contribution in [0, 0.1) is 6.92 Å². The second kappa shape index (κ2) is 8.23. The lowest BCUT2D eigenvalue weighted by Crippen LogP contribution is -2.60. The molecule has 2 saturated heterocycles. The average Bonchev–Trinajstić information content (AvgIpc) is 3.02. The number of hydrogen-bond donors (Lipinski definition) is 0. The van der Waals surface area contributed by atoms with Gasteiger partial charge in [-0.15, -0.1) is 0 Å². The first-order chi connectivity index (χ1) is 14.4. The molecule has 2 atom stereocenters. The van der Waals surface area contributed by atoms with E-state index in [4.69, 9.17) is 4.74 Å². The van der Waals surface area contributed by atoms with E-state index < -0.39 is 5.60 Å². The van der Waals surface area contributed by atoms with Crippen molar-refractivity contribution in [2.45, 2.75) is 44.8 Å². The highest BCUT2D eigenvalue weighted by Crippen LogP contribution is 2.42. The second-order valence-corrected chi connectivity index (χ2v) is 8.73. The van der Waals surface area contributed by atoms with Gasteiger partial charge in [-0.05, 0) is 31.9 Å². The maximum absolute atomic E-state index is 13.5. The molecule has 2 fully saturated rings. The molecule has 4 rings (SSSR count). The van der Waals surface area contributed by atoms with Gasteiger partial charge in [0.15, 0.2) is 5.60 Å². The number of nitrogens with zero attached hydrogens (tertiary/aromatic N) is 2. The Bertz CT molecular complexity index is 910. The second-order valence-electron chi connectivity index (χ2n) is 8.73. The van der Waals surface area contributed by atoms with Gasteiger partial charge in [-0.1, -0.05) is 60.2 Å². The lowest BCUT2D eigenvalue weighted by atomic mass is 9.83. The Kier molecular flexibility index (Phi) is 5.65. The molecule has 158 valence electrons. The average molecular weight is 407 g/mol. The molecule has 1 spiro atoms. The zero-order valence-corrected chi connectivity index (χ0v) is 18.0. The van der Waals surface area contributed by atoms with Gasteiger partial charge in [0.1, 0.15) is 0 Å². The van der Waals surface area contributed by atoms with Crippen LogP contribution in [0.5, 0.6) is 0 Å². The van der Waals surface area contributed by atoms with Crippen molar-refractivity contribution in [1.29, 1.82) is 0 Å². The normalized spacial score (nSPS) is 24.1. The van der Waals surface area contributed by atoms with Crippen molar-refractivity contribution in [1.82, 2.24) is 9.80 Å². The first-order valence-electron chi connectivity index (χ1n) is 10.7. The molecule has 0 bridgehead atoms. The number of carbonyl (C=O) groups excluding carboxylic acids is 2. The van der Waals surface area contributed by atoms with E-state index in [1.807, 2.05) is 73.0 Å². The molecule has 0 unspecified atom stereocenters.